The van der Waals surface area contributed by atoms with Gasteiger partial charge in [-0.3, -0.25) is 14.5 Å². The third kappa shape index (κ3) is 4.36. The second-order valence-electron chi connectivity index (χ2n) is 7.54. The molecular weight excluding hydrogens is 448 g/mol. The van der Waals surface area contributed by atoms with Gasteiger partial charge in [0.2, 0.25) is 0 Å². The van der Waals surface area contributed by atoms with Gasteiger partial charge in [0.25, 0.3) is 11.8 Å². The lowest BCUT2D eigenvalue weighted by atomic mass is 10.1. The maximum Gasteiger partial charge on any atom is 0.264 e. The second kappa shape index (κ2) is 9.04. The summed E-state index contributed by atoms with van der Waals surface area (Å²) >= 11 is 4.80. The van der Waals surface area contributed by atoms with E-state index in [0.717, 1.165) is 26.8 Å². The molecule has 2 amide bonds. The lowest BCUT2D eigenvalue weighted by Gasteiger charge is -2.35. The SMILES string of the molecule is O=C(c1cccs1)N1CCN(CC(=O)N2N=C(c3cccs3)C[C@H]2c2cccs2)CC1. The van der Waals surface area contributed by atoms with Gasteiger partial charge in [-0.2, -0.15) is 5.10 Å². The van der Waals surface area contributed by atoms with Gasteiger partial charge in [-0.1, -0.05) is 18.2 Å². The molecule has 3 aromatic rings. The number of carbonyl (C=O) groups is 2. The Balaban J connectivity index is 1.24. The molecule has 0 unspecified atom stereocenters. The van der Waals surface area contributed by atoms with Gasteiger partial charge in [0.05, 0.1) is 28.1 Å². The Morgan fingerprint density at radius 3 is 2.35 bits per heavy atom. The number of carbonyl (C=O) groups excluding carboxylic acids is 2. The Kier molecular flexibility index (Phi) is 5.99. The van der Waals surface area contributed by atoms with Crippen LogP contribution in [-0.4, -0.2) is 65.1 Å². The summed E-state index contributed by atoms with van der Waals surface area (Å²) in [6.45, 7) is 3.00. The van der Waals surface area contributed by atoms with Crippen LogP contribution in [0.15, 0.2) is 57.6 Å². The minimum atomic E-state index is -0.0358. The van der Waals surface area contributed by atoms with E-state index in [4.69, 9.17) is 5.10 Å². The van der Waals surface area contributed by atoms with Crippen molar-refractivity contribution in [2.45, 2.75) is 12.5 Å². The highest BCUT2D eigenvalue weighted by molar-refractivity contribution is 7.12. The van der Waals surface area contributed by atoms with Gasteiger partial charge < -0.3 is 4.90 Å². The fourth-order valence-corrected chi connectivity index (χ4v) is 6.19. The number of rotatable bonds is 5. The quantitative estimate of drug-likeness (QED) is 0.566. The van der Waals surface area contributed by atoms with Crippen molar-refractivity contribution < 1.29 is 9.59 Å². The summed E-state index contributed by atoms with van der Waals surface area (Å²) in [5.41, 5.74) is 0.980. The van der Waals surface area contributed by atoms with Crippen LogP contribution in [0.5, 0.6) is 0 Å². The first-order valence-corrected chi connectivity index (χ1v) is 12.8. The van der Waals surface area contributed by atoms with Gasteiger partial charge in [0, 0.05) is 37.5 Å². The topological polar surface area (TPSA) is 56.2 Å². The zero-order chi connectivity index (χ0) is 21.2. The van der Waals surface area contributed by atoms with Crippen LogP contribution in [0.3, 0.4) is 0 Å². The molecule has 0 aliphatic carbocycles. The average Bonchev–Trinajstić information content (AvgIpc) is 3.58. The van der Waals surface area contributed by atoms with Crippen molar-refractivity contribution in [2.24, 2.45) is 5.10 Å². The first-order chi connectivity index (χ1) is 15.2. The molecule has 31 heavy (non-hydrogen) atoms. The minimum Gasteiger partial charge on any atom is -0.335 e. The molecule has 0 N–H and O–H groups in total. The largest absolute Gasteiger partial charge is 0.335 e. The summed E-state index contributed by atoms with van der Waals surface area (Å²) in [6, 6.07) is 11.9. The van der Waals surface area contributed by atoms with E-state index < -0.39 is 0 Å². The van der Waals surface area contributed by atoms with E-state index in [1.807, 2.05) is 45.3 Å². The van der Waals surface area contributed by atoms with Gasteiger partial charge in [0.15, 0.2) is 0 Å². The summed E-state index contributed by atoms with van der Waals surface area (Å²) in [5, 5.41) is 12.4. The molecule has 5 rings (SSSR count). The summed E-state index contributed by atoms with van der Waals surface area (Å²) in [5.74, 6) is 0.103. The van der Waals surface area contributed by atoms with Crippen molar-refractivity contribution in [3.8, 4) is 0 Å². The molecule has 0 aromatic carbocycles. The predicted octanol–water partition coefficient (Wildman–Crippen LogP) is 4.01. The van der Waals surface area contributed by atoms with Gasteiger partial charge >= 0.3 is 0 Å². The molecule has 160 valence electrons. The fraction of sp³-hybridized carbons (Fsp3) is 0.318. The lowest BCUT2D eigenvalue weighted by Crippen LogP contribution is -2.51. The number of amides is 2. The van der Waals surface area contributed by atoms with E-state index in [0.29, 0.717) is 32.7 Å². The first-order valence-electron chi connectivity index (χ1n) is 10.2. The third-order valence-electron chi connectivity index (χ3n) is 5.59. The highest BCUT2D eigenvalue weighted by Crippen LogP contribution is 2.36. The monoisotopic (exact) mass is 470 g/mol. The van der Waals surface area contributed by atoms with E-state index in [-0.39, 0.29) is 17.9 Å². The van der Waals surface area contributed by atoms with Crippen LogP contribution in [0, 0.1) is 0 Å². The number of thiophene rings is 3. The van der Waals surface area contributed by atoms with E-state index >= 15 is 0 Å². The Hall–Kier alpha value is -2.33. The van der Waals surface area contributed by atoms with Crippen molar-refractivity contribution in [3.63, 3.8) is 0 Å². The third-order valence-corrected chi connectivity index (χ3v) is 8.34. The van der Waals surface area contributed by atoms with Gasteiger partial charge in [-0.05, 0) is 34.3 Å². The lowest BCUT2D eigenvalue weighted by molar-refractivity contribution is -0.134. The zero-order valence-electron chi connectivity index (χ0n) is 16.8. The van der Waals surface area contributed by atoms with Crippen LogP contribution in [0.2, 0.25) is 0 Å². The van der Waals surface area contributed by atoms with Crippen LogP contribution in [0.1, 0.15) is 31.9 Å². The molecular formula is C22H22N4O2S3. The molecule has 2 aliphatic heterocycles. The molecule has 1 saturated heterocycles. The van der Waals surface area contributed by atoms with Crippen LogP contribution in [0.4, 0.5) is 0 Å². The maximum absolute atomic E-state index is 13.2. The average molecular weight is 471 g/mol. The Morgan fingerprint density at radius 1 is 0.935 bits per heavy atom. The van der Waals surface area contributed by atoms with Crippen molar-refractivity contribution in [2.75, 3.05) is 32.7 Å². The van der Waals surface area contributed by atoms with E-state index in [9.17, 15) is 9.59 Å². The summed E-state index contributed by atoms with van der Waals surface area (Å²) in [7, 11) is 0. The van der Waals surface area contributed by atoms with Crippen molar-refractivity contribution in [1.29, 1.82) is 0 Å². The number of hydrogen-bond acceptors (Lipinski definition) is 7. The summed E-state index contributed by atoms with van der Waals surface area (Å²) in [6.07, 6.45) is 0.746. The predicted molar refractivity (Wildman–Crippen MR) is 126 cm³/mol. The number of nitrogens with zero attached hydrogens (tertiary/aromatic N) is 4. The molecule has 1 fully saturated rings. The van der Waals surface area contributed by atoms with Crippen molar-refractivity contribution in [3.05, 3.63) is 67.2 Å². The summed E-state index contributed by atoms with van der Waals surface area (Å²) < 4.78 is 0. The molecule has 2 aliphatic rings. The zero-order valence-corrected chi connectivity index (χ0v) is 19.3. The van der Waals surface area contributed by atoms with E-state index in [1.165, 1.54) is 11.3 Å². The number of hydrogen-bond donors (Lipinski definition) is 0. The van der Waals surface area contributed by atoms with Gasteiger partial charge in [-0.25, -0.2) is 5.01 Å². The molecule has 0 radical (unpaired) electrons. The van der Waals surface area contributed by atoms with Crippen molar-refractivity contribution in [1.82, 2.24) is 14.8 Å². The second-order valence-corrected chi connectivity index (χ2v) is 10.4. The van der Waals surface area contributed by atoms with E-state index in [2.05, 4.69) is 17.0 Å². The van der Waals surface area contributed by atoms with Gasteiger partial charge in [-0.15, -0.1) is 34.0 Å². The molecule has 5 heterocycles. The number of piperazine rings is 1. The van der Waals surface area contributed by atoms with Crippen LogP contribution < -0.4 is 0 Å². The van der Waals surface area contributed by atoms with Crippen molar-refractivity contribution >= 4 is 51.5 Å². The van der Waals surface area contributed by atoms with Crippen LogP contribution >= 0.6 is 34.0 Å². The summed E-state index contributed by atoms with van der Waals surface area (Å²) in [4.78, 5) is 32.9. The molecule has 0 saturated carbocycles. The Morgan fingerprint density at radius 2 is 1.68 bits per heavy atom. The van der Waals surface area contributed by atoms with E-state index in [1.54, 1.807) is 27.7 Å². The van der Waals surface area contributed by atoms with Gasteiger partial charge in [0.1, 0.15) is 0 Å². The smallest absolute Gasteiger partial charge is 0.264 e. The molecule has 6 nitrogen and oxygen atoms in total. The Bertz CT molecular complexity index is 1050. The molecule has 9 heteroatoms. The molecule has 3 aromatic heterocycles. The van der Waals surface area contributed by atoms with Crippen LogP contribution in [0.25, 0.3) is 0 Å². The Labute approximate surface area is 193 Å². The molecule has 0 spiro atoms. The van der Waals surface area contributed by atoms with Crippen LogP contribution in [-0.2, 0) is 4.79 Å². The molecule has 1 atom stereocenters. The fourth-order valence-electron chi connectivity index (χ4n) is 3.96. The first kappa shape index (κ1) is 20.6. The number of hydrazone groups is 1. The maximum atomic E-state index is 13.2. The highest BCUT2D eigenvalue weighted by Gasteiger charge is 2.35. The normalized spacial score (nSPS) is 19.6. The minimum absolute atomic E-state index is 0.0167. The highest BCUT2D eigenvalue weighted by atomic mass is 32.1. The standard InChI is InChI=1S/C22H22N4O2S3/c27-21(15-24-7-9-25(10-8-24)22(28)20-6-3-13-31-20)26-17(19-5-2-12-30-19)14-16(23-26)18-4-1-11-29-18/h1-6,11-13,17H,7-10,14-15H2/t17-/m0/s1. The molecule has 0 bridgehead atoms.